The van der Waals surface area contributed by atoms with E-state index in [1.807, 2.05) is 19.0 Å². The van der Waals surface area contributed by atoms with Crippen LogP contribution in [-0.2, 0) is 4.79 Å². The van der Waals surface area contributed by atoms with E-state index in [2.05, 4.69) is 46.4 Å². The predicted molar refractivity (Wildman–Crippen MR) is 145 cm³/mol. The van der Waals surface area contributed by atoms with E-state index in [0.717, 1.165) is 13.0 Å². The molecule has 33 heavy (non-hydrogen) atoms. The Morgan fingerprint density at radius 2 is 1.30 bits per heavy atom. The number of nitrogens with zero attached hydrogens (tertiary/aromatic N) is 2. The van der Waals surface area contributed by atoms with Crippen molar-refractivity contribution in [3.63, 3.8) is 0 Å². The number of rotatable bonds is 18. The van der Waals surface area contributed by atoms with Crippen molar-refractivity contribution in [3.05, 3.63) is 11.3 Å². The van der Waals surface area contributed by atoms with Gasteiger partial charge in [-0.15, -0.1) is 0 Å². The molecule has 0 N–H and O–H groups in total. The molecule has 0 spiro atoms. The normalized spacial score (nSPS) is 18.2. The van der Waals surface area contributed by atoms with E-state index in [1.165, 1.54) is 95.6 Å². The van der Waals surface area contributed by atoms with Crippen LogP contribution in [0.3, 0.4) is 0 Å². The van der Waals surface area contributed by atoms with E-state index in [-0.39, 0.29) is 10.8 Å². The van der Waals surface area contributed by atoms with Crippen LogP contribution in [0.5, 0.6) is 0 Å². The smallest absolute Gasteiger partial charge is 0.240 e. The maximum Gasteiger partial charge on any atom is 0.240 e. The average Bonchev–Trinajstić information content (AvgIpc) is 3.23. The van der Waals surface area contributed by atoms with Crippen LogP contribution in [-0.4, -0.2) is 42.9 Å². The highest BCUT2D eigenvalue weighted by molar-refractivity contribution is 5.81. The van der Waals surface area contributed by atoms with Gasteiger partial charge in [0, 0.05) is 17.7 Å². The highest BCUT2D eigenvalue weighted by atomic mass is 16.2. The minimum absolute atomic E-state index is 0.105. The molecule has 0 saturated heterocycles. The highest BCUT2D eigenvalue weighted by Gasteiger charge is 2.44. The van der Waals surface area contributed by atoms with Crippen molar-refractivity contribution >= 4 is 5.91 Å². The molecule has 1 rings (SSSR count). The van der Waals surface area contributed by atoms with Gasteiger partial charge in [-0.1, -0.05) is 106 Å². The number of hydrogen-bond acceptors (Lipinski definition) is 2. The molecule has 1 heterocycles. The quantitative estimate of drug-likeness (QED) is 0.190. The third kappa shape index (κ3) is 9.04. The van der Waals surface area contributed by atoms with Gasteiger partial charge in [-0.25, -0.2) is 0 Å². The summed E-state index contributed by atoms with van der Waals surface area (Å²) in [6, 6.07) is 0. The summed E-state index contributed by atoms with van der Waals surface area (Å²) in [6.45, 7) is 15.7. The lowest BCUT2D eigenvalue weighted by atomic mass is 9.68. The molecule has 1 amide bonds. The first-order chi connectivity index (χ1) is 15.7. The molecule has 1 aliphatic heterocycles. The molecule has 194 valence electrons. The Bertz CT molecular complexity index is 596. The maximum absolute atomic E-state index is 13.5. The second-order valence-corrected chi connectivity index (χ2v) is 11.6. The lowest BCUT2D eigenvalue weighted by Crippen LogP contribution is -2.41. The number of amides is 1. The molecule has 3 nitrogen and oxygen atoms in total. The fourth-order valence-corrected chi connectivity index (χ4v) is 6.09. The van der Waals surface area contributed by atoms with Gasteiger partial charge in [0.1, 0.15) is 0 Å². The molecule has 0 saturated carbocycles. The molecule has 0 fully saturated rings. The van der Waals surface area contributed by atoms with Gasteiger partial charge in [-0.3, -0.25) is 4.79 Å². The molecule has 0 radical (unpaired) electrons. The Morgan fingerprint density at radius 3 is 1.85 bits per heavy atom. The van der Waals surface area contributed by atoms with Crippen LogP contribution in [0, 0.1) is 10.8 Å². The summed E-state index contributed by atoms with van der Waals surface area (Å²) in [4.78, 5) is 17.7. The number of unbranched alkanes of at least 4 members (excludes halogenated alkanes) is 6. The van der Waals surface area contributed by atoms with Crippen molar-refractivity contribution in [2.75, 3.05) is 27.2 Å². The number of allylic oxidation sites excluding steroid dienone is 1. The van der Waals surface area contributed by atoms with E-state index < -0.39 is 0 Å². The Balaban J connectivity index is 3.45. The van der Waals surface area contributed by atoms with Gasteiger partial charge >= 0.3 is 0 Å². The monoisotopic (exact) mass is 462 g/mol. The van der Waals surface area contributed by atoms with Crippen molar-refractivity contribution < 1.29 is 4.79 Å². The molecule has 1 aliphatic rings. The average molecular weight is 463 g/mol. The van der Waals surface area contributed by atoms with Gasteiger partial charge in [0.05, 0.1) is 6.54 Å². The molecular formula is C30H58N2O. The molecule has 2 atom stereocenters. The van der Waals surface area contributed by atoms with E-state index in [9.17, 15) is 4.79 Å². The first kappa shape index (κ1) is 30.2. The first-order valence-corrected chi connectivity index (χ1v) is 14.4. The fourth-order valence-electron chi connectivity index (χ4n) is 6.09. The van der Waals surface area contributed by atoms with Gasteiger partial charge in [-0.05, 0) is 57.2 Å². The van der Waals surface area contributed by atoms with Crippen LogP contribution < -0.4 is 0 Å². The van der Waals surface area contributed by atoms with Crippen LogP contribution in [0.4, 0.5) is 0 Å². The molecule has 2 unspecified atom stereocenters. The van der Waals surface area contributed by atoms with Gasteiger partial charge in [0.15, 0.2) is 0 Å². The third-order valence-electron chi connectivity index (χ3n) is 7.99. The third-order valence-corrected chi connectivity index (χ3v) is 7.99. The van der Waals surface area contributed by atoms with Crippen molar-refractivity contribution in [1.29, 1.82) is 0 Å². The van der Waals surface area contributed by atoms with Gasteiger partial charge < -0.3 is 9.80 Å². The fraction of sp³-hybridized carbons (Fsp3) is 0.900. The molecule has 0 aromatic heterocycles. The van der Waals surface area contributed by atoms with Crippen LogP contribution in [0.15, 0.2) is 11.3 Å². The van der Waals surface area contributed by atoms with E-state index in [0.29, 0.717) is 12.5 Å². The van der Waals surface area contributed by atoms with Gasteiger partial charge in [-0.2, -0.15) is 0 Å². The second-order valence-electron chi connectivity index (χ2n) is 11.6. The van der Waals surface area contributed by atoms with Crippen molar-refractivity contribution in [1.82, 2.24) is 9.80 Å². The molecule has 3 heteroatoms. The van der Waals surface area contributed by atoms with Gasteiger partial charge in [0.2, 0.25) is 5.91 Å². The maximum atomic E-state index is 13.5. The summed E-state index contributed by atoms with van der Waals surface area (Å²) >= 11 is 0. The summed E-state index contributed by atoms with van der Waals surface area (Å²) in [5, 5.41) is 0. The minimum atomic E-state index is 0.105. The zero-order valence-electron chi connectivity index (χ0n) is 23.8. The number of carbonyl (C=O) groups excluding carboxylic acids is 1. The topological polar surface area (TPSA) is 23.6 Å². The standard InChI is InChI=1S/C30H58N2O/c1-9-13-16-17-18-23-29(5,21-14-10-2)26-19-24-32(27(33)25-31(7)8)28(26)30(6,20-12-4)22-15-11-3/h9-25H2,1-8H3. The summed E-state index contributed by atoms with van der Waals surface area (Å²) in [6.07, 6.45) is 18.9. The van der Waals surface area contributed by atoms with Crippen molar-refractivity contribution in [2.24, 2.45) is 10.8 Å². The SMILES string of the molecule is CCCCCCCC(C)(CCCC)C1=C(C(C)(CCC)CCCC)N(C(=O)CN(C)C)CC1. The Kier molecular flexibility index (Phi) is 13.9. The van der Waals surface area contributed by atoms with Gasteiger partial charge in [0.25, 0.3) is 0 Å². The Labute approximate surface area is 207 Å². The summed E-state index contributed by atoms with van der Waals surface area (Å²) < 4.78 is 0. The number of carbonyl (C=O) groups is 1. The van der Waals surface area contributed by atoms with E-state index in [4.69, 9.17) is 0 Å². The van der Waals surface area contributed by atoms with Crippen LogP contribution in [0.1, 0.15) is 138 Å². The zero-order valence-corrected chi connectivity index (χ0v) is 23.8. The zero-order chi connectivity index (χ0) is 24.9. The van der Waals surface area contributed by atoms with Crippen molar-refractivity contribution in [3.8, 4) is 0 Å². The number of hydrogen-bond donors (Lipinski definition) is 0. The molecule has 0 aliphatic carbocycles. The highest BCUT2D eigenvalue weighted by Crippen LogP contribution is 2.52. The summed E-state index contributed by atoms with van der Waals surface area (Å²) in [5.41, 5.74) is 3.42. The molecule has 0 bridgehead atoms. The Morgan fingerprint density at radius 1 is 0.758 bits per heavy atom. The summed E-state index contributed by atoms with van der Waals surface area (Å²) in [7, 11) is 4.03. The van der Waals surface area contributed by atoms with Crippen molar-refractivity contribution in [2.45, 2.75) is 138 Å². The van der Waals surface area contributed by atoms with Crippen LogP contribution in [0.25, 0.3) is 0 Å². The summed E-state index contributed by atoms with van der Waals surface area (Å²) in [5.74, 6) is 0.296. The minimum Gasteiger partial charge on any atom is -0.314 e. The molecule has 0 aromatic carbocycles. The largest absolute Gasteiger partial charge is 0.314 e. The molecular weight excluding hydrogens is 404 g/mol. The van der Waals surface area contributed by atoms with E-state index in [1.54, 1.807) is 5.57 Å². The predicted octanol–water partition coefficient (Wildman–Crippen LogP) is 8.59. The lowest BCUT2D eigenvalue weighted by molar-refractivity contribution is -0.130. The van der Waals surface area contributed by atoms with Crippen LogP contribution in [0.2, 0.25) is 0 Å². The Hall–Kier alpha value is -0.830. The lowest BCUT2D eigenvalue weighted by Gasteiger charge is -2.41. The first-order valence-electron chi connectivity index (χ1n) is 14.4. The second kappa shape index (κ2) is 15.2. The van der Waals surface area contributed by atoms with E-state index >= 15 is 0 Å². The van der Waals surface area contributed by atoms with Crippen LogP contribution >= 0.6 is 0 Å². The molecule has 0 aromatic rings. The number of likely N-dealkylation sites (N-methyl/N-ethyl adjacent to an activating group) is 1.